The van der Waals surface area contributed by atoms with Crippen LogP contribution in [0.25, 0.3) is 0 Å². The van der Waals surface area contributed by atoms with Crippen LogP contribution in [0.5, 0.6) is 0 Å². The highest BCUT2D eigenvalue weighted by Crippen LogP contribution is 2.27. The molecule has 0 spiro atoms. The number of thioether (sulfide) groups is 1. The molecule has 2 aromatic carbocycles. The first-order valence-corrected chi connectivity index (χ1v) is 12.2. The number of rotatable bonds is 8. The summed E-state index contributed by atoms with van der Waals surface area (Å²) in [5.41, 5.74) is 3.80. The fourth-order valence-corrected chi connectivity index (χ4v) is 5.12. The van der Waals surface area contributed by atoms with Crippen LogP contribution in [-0.2, 0) is 24.3 Å². The molecule has 1 amide bonds. The van der Waals surface area contributed by atoms with E-state index in [2.05, 4.69) is 71.0 Å². The number of carbonyl (C=O) groups is 1. The molecule has 1 atom stereocenters. The van der Waals surface area contributed by atoms with Gasteiger partial charge in [0, 0.05) is 13.1 Å². The summed E-state index contributed by atoms with van der Waals surface area (Å²) < 4.78 is 2.17. The van der Waals surface area contributed by atoms with Crippen molar-refractivity contribution in [2.24, 2.45) is 0 Å². The molecule has 7 heteroatoms. The SMILES string of the molecule is CC[C@@H](c1nnc(SCC(=O)N2CCc3ccccc3C2)n1Cc1ccccc1)N(C)C. The second-order valence-corrected chi connectivity index (χ2v) is 9.37. The van der Waals surface area contributed by atoms with E-state index in [1.165, 1.54) is 28.5 Å². The average molecular weight is 450 g/mol. The second-order valence-electron chi connectivity index (χ2n) is 8.42. The van der Waals surface area contributed by atoms with Crippen molar-refractivity contribution in [2.75, 3.05) is 26.4 Å². The Balaban J connectivity index is 1.50. The smallest absolute Gasteiger partial charge is 0.233 e. The van der Waals surface area contributed by atoms with Gasteiger partial charge in [0.2, 0.25) is 5.91 Å². The lowest BCUT2D eigenvalue weighted by molar-refractivity contribution is -0.129. The quantitative estimate of drug-likeness (QED) is 0.486. The summed E-state index contributed by atoms with van der Waals surface area (Å²) >= 11 is 1.49. The topological polar surface area (TPSA) is 54.3 Å². The normalized spacial score (nSPS) is 14.4. The monoisotopic (exact) mass is 449 g/mol. The summed E-state index contributed by atoms with van der Waals surface area (Å²) in [7, 11) is 4.14. The predicted molar refractivity (Wildman–Crippen MR) is 129 cm³/mol. The minimum absolute atomic E-state index is 0.153. The van der Waals surface area contributed by atoms with Crippen LogP contribution in [0.15, 0.2) is 59.8 Å². The fraction of sp³-hybridized carbons (Fsp3) is 0.400. The number of hydrogen-bond acceptors (Lipinski definition) is 5. The average Bonchev–Trinajstić information content (AvgIpc) is 3.20. The van der Waals surface area contributed by atoms with Gasteiger partial charge in [0.05, 0.1) is 18.3 Å². The van der Waals surface area contributed by atoms with Crippen LogP contribution >= 0.6 is 11.8 Å². The zero-order chi connectivity index (χ0) is 22.5. The number of aromatic nitrogens is 3. The Morgan fingerprint density at radius 1 is 1.06 bits per heavy atom. The van der Waals surface area contributed by atoms with Gasteiger partial charge in [-0.2, -0.15) is 0 Å². The number of hydrogen-bond donors (Lipinski definition) is 0. The summed E-state index contributed by atoms with van der Waals surface area (Å²) in [4.78, 5) is 17.1. The molecule has 0 bridgehead atoms. The van der Waals surface area contributed by atoms with Gasteiger partial charge >= 0.3 is 0 Å². The van der Waals surface area contributed by atoms with Crippen LogP contribution in [0, 0.1) is 0 Å². The van der Waals surface area contributed by atoms with Gasteiger partial charge in [0.25, 0.3) is 0 Å². The summed E-state index contributed by atoms with van der Waals surface area (Å²) in [6.45, 7) is 4.32. The fourth-order valence-electron chi connectivity index (χ4n) is 4.27. The van der Waals surface area contributed by atoms with E-state index < -0.39 is 0 Å². The lowest BCUT2D eigenvalue weighted by Crippen LogP contribution is -2.37. The number of fused-ring (bicyclic) bond motifs is 1. The molecule has 1 aliphatic heterocycles. The van der Waals surface area contributed by atoms with Crippen molar-refractivity contribution >= 4 is 17.7 Å². The Kier molecular flexibility index (Phi) is 7.27. The van der Waals surface area contributed by atoms with Crippen LogP contribution in [0.2, 0.25) is 0 Å². The molecule has 1 aromatic heterocycles. The van der Waals surface area contributed by atoms with Crippen molar-refractivity contribution in [1.82, 2.24) is 24.6 Å². The van der Waals surface area contributed by atoms with Gasteiger partial charge in [0.15, 0.2) is 11.0 Å². The van der Waals surface area contributed by atoms with E-state index in [4.69, 9.17) is 0 Å². The van der Waals surface area contributed by atoms with Crippen LogP contribution < -0.4 is 0 Å². The third kappa shape index (κ3) is 5.05. The molecule has 168 valence electrons. The van der Waals surface area contributed by atoms with Gasteiger partial charge < -0.3 is 9.47 Å². The molecule has 0 fully saturated rings. The highest BCUT2D eigenvalue weighted by molar-refractivity contribution is 7.99. The molecular formula is C25H31N5OS. The third-order valence-electron chi connectivity index (χ3n) is 6.05. The Morgan fingerprint density at radius 2 is 1.78 bits per heavy atom. The summed E-state index contributed by atoms with van der Waals surface area (Å²) in [5, 5.41) is 9.85. The molecule has 0 N–H and O–H groups in total. The highest BCUT2D eigenvalue weighted by atomic mass is 32.2. The van der Waals surface area contributed by atoms with E-state index in [1.54, 1.807) is 0 Å². The van der Waals surface area contributed by atoms with E-state index in [0.717, 1.165) is 30.4 Å². The van der Waals surface area contributed by atoms with Crippen LogP contribution in [0.4, 0.5) is 0 Å². The Morgan fingerprint density at radius 3 is 2.50 bits per heavy atom. The van der Waals surface area contributed by atoms with Crippen LogP contribution in [0.1, 0.15) is 41.9 Å². The maximum absolute atomic E-state index is 13.0. The lowest BCUT2D eigenvalue weighted by atomic mass is 10.00. The van der Waals surface area contributed by atoms with Crippen molar-refractivity contribution in [2.45, 2.75) is 44.1 Å². The zero-order valence-corrected chi connectivity index (χ0v) is 19.9. The first-order valence-electron chi connectivity index (χ1n) is 11.2. The Labute approximate surface area is 194 Å². The lowest BCUT2D eigenvalue weighted by Gasteiger charge is -2.28. The third-order valence-corrected chi connectivity index (χ3v) is 7.00. The van der Waals surface area contributed by atoms with E-state index in [-0.39, 0.29) is 11.9 Å². The van der Waals surface area contributed by atoms with Crippen molar-refractivity contribution in [1.29, 1.82) is 0 Å². The molecule has 0 radical (unpaired) electrons. The predicted octanol–water partition coefficient (Wildman–Crippen LogP) is 4.02. The van der Waals surface area contributed by atoms with Crippen molar-refractivity contribution in [3.8, 4) is 0 Å². The molecule has 0 saturated carbocycles. The molecular weight excluding hydrogens is 418 g/mol. The summed E-state index contributed by atoms with van der Waals surface area (Å²) in [5.74, 6) is 1.47. The van der Waals surface area contributed by atoms with Gasteiger partial charge in [-0.1, -0.05) is 73.3 Å². The maximum Gasteiger partial charge on any atom is 0.233 e. The van der Waals surface area contributed by atoms with E-state index >= 15 is 0 Å². The van der Waals surface area contributed by atoms with E-state index in [1.807, 2.05) is 29.2 Å². The molecule has 2 heterocycles. The van der Waals surface area contributed by atoms with Crippen LogP contribution in [-0.4, -0.2) is 56.9 Å². The maximum atomic E-state index is 13.0. The minimum atomic E-state index is 0.153. The first kappa shape index (κ1) is 22.6. The number of benzene rings is 2. The van der Waals surface area contributed by atoms with Crippen molar-refractivity contribution in [3.05, 3.63) is 77.1 Å². The number of nitrogens with zero attached hydrogens (tertiary/aromatic N) is 5. The standard InChI is InChI=1S/C25H31N5OS/c1-4-22(28(2)3)24-26-27-25(30(24)16-19-10-6-5-7-11-19)32-18-23(31)29-15-14-20-12-8-9-13-21(20)17-29/h5-13,22H,4,14-18H2,1-3H3/t22-/m0/s1. The molecule has 0 saturated heterocycles. The second kappa shape index (κ2) is 10.3. The van der Waals surface area contributed by atoms with Crippen LogP contribution in [0.3, 0.4) is 0 Å². The Bertz CT molecular complexity index is 1050. The number of carbonyl (C=O) groups excluding carboxylic acids is 1. The van der Waals surface area contributed by atoms with Gasteiger partial charge in [-0.05, 0) is 43.6 Å². The molecule has 32 heavy (non-hydrogen) atoms. The van der Waals surface area contributed by atoms with E-state index in [9.17, 15) is 4.79 Å². The molecule has 6 nitrogen and oxygen atoms in total. The molecule has 0 aliphatic carbocycles. The minimum Gasteiger partial charge on any atom is -0.337 e. The molecule has 4 rings (SSSR count). The largest absolute Gasteiger partial charge is 0.337 e. The molecule has 3 aromatic rings. The van der Waals surface area contributed by atoms with Crippen molar-refractivity contribution < 1.29 is 4.79 Å². The van der Waals surface area contributed by atoms with Gasteiger partial charge in [-0.15, -0.1) is 10.2 Å². The Hall–Kier alpha value is -2.64. The van der Waals surface area contributed by atoms with Gasteiger partial charge in [0.1, 0.15) is 0 Å². The van der Waals surface area contributed by atoms with E-state index in [0.29, 0.717) is 18.8 Å². The molecule has 1 aliphatic rings. The molecule has 0 unspecified atom stereocenters. The van der Waals surface area contributed by atoms with Crippen molar-refractivity contribution in [3.63, 3.8) is 0 Å². The number of amides is 1. The summed E-state index contributed by atoms with van der Waals surface area (Å²) in [6.07, 6.45) is 1.86. The summed E-state index contributed by atoms with van der Waals surface area (Å²) in [6, 6.07) is 18.9. The van der Waals surface area contributed by atoms with Gasteiger partial charge in [-0.25, -0.2) is 0 Å². The van der Waals surface area contributed by atoms with Gasteiger partial charge in [-0.3, -0.25) is 9.69 Å². The first-order chi connectivity index (χ1) is 15.6. The highest BCUT2D eigenvalue weighted by Gasteiger charge is 2.24. The zero-order valence-electron chi connectivity index (χ0n) is 19.1.